The summed E-state index contributed by atoms with van der Waals surface area (Å²) in [6, 6.07) is 0. The Hall–Kier alpha value is -2.12. The van der Waals surface area contributed by atoms with E-state index in [0.717, 1.165) is 6.42 Å². The summed E-state index contributed by atoms with van der Waals surface area (Å²) in [5.41, 5.74) is 15.7. The molecule has 0 heterocycles. The summed E-state index contributed by atoms with van der Waals surface area (Å²) in [5.74, 6) is -0.285. The van der Waals surface area contributed by atoms with Crippen molar-refractivity contribution >= 4 is 5.97 Å². The van der Waals surface area contributed by atoms with Gasteiger partial charge in [0.1, 0.15) is 0 Å². The molecule has 0 aromatic rings. The van der Waals surface area contributed by atoms with Gasteiger partial charge in [0.05, 0.1) is 12.3 Å². The standard InChI is InChI=1S/C11H21N7O2/c1-10(19)20-7-3-5-15-9-11(17-12)8-14-4-2-6-16-18-13/h9,12,14-15H,2-8H2,1H3/b11-9-,17-12?. The molecule has 20 heavy (non-hydrogen) atoms. The first-order valence-electron chi connectivity index (χ1n) is 6.35. The molecule has 3 N–H and O–H groups in total. The summed E-state index contributed by atoms with van der Waals surface area (Å²) >= 11 is 0. The molecular formula is C11H21N7O2. The van der Waals surface area contributed by atoms with E-state index in [4.69, 9.17) is 15.8 Å². The van der Waals surface area contributed by atoms with E-state index in [1.54, 1.807) is 6.20 Å². The Morgan fingerprint density at radius 3 is 2.90 bits per heavy atom. The maximum absolute atomic E-state index is 10.5. The van der Waals surface area contributed by atoms with Crippen LogP contribution in [0.3, 0.4) is 0 Å². The monoisotopic (exact) mass is 283 g/mol. The molecule has 9 heteroatoms. The van der Waals surface area contributed by atoms with Crippen molar-refractivity contribution in [3.05, 3.63) is 22.3 Å². The van der Waals surface area contributed by atoms with Crippen molar-refractivity contribution in [2.45, 2.75) is 19.8 Å². The highest BCUT2D eigenvalue weighted by molar-refractivity contribution is 5.65. The minimum absolute atomic E-state index is 0.285. The van der Waals surface area contributed by atoms with Gasteiger partial charge in [-0.3, -0.25) is 4.79 Å². The van der Waals surface area contributed by atoms with E-state index < -0.39 is 0 Å². The van der Waals surface area contributed by atoms with Crippen LogP contribution in [0, 0.1) is 5.53 Å². The molecule has 0 rings (SSSR count). The van der Waals surface area contributed by atoms with Crippen LogP contribution in [0.15, 0.2) is 22.1 Å². The average Bonchev–Trinajstić information content (AvgIpc) is 2.43. The van der Waals surface area contributed by atoms with Gasteiger partial charge in [-0.15, -0.1) is 0 Å². The first-order chi connectivity index (χ1) is 9.70. The van der Waals surface area contributed by atoms with E-state index >= 15 is 0 Å². The summed E-state index contributed by atoms with van der Waals surface area (Å²) in [4.78, 5) is 13.2. The molecule has 0 radical (unpaired) electrons. The van der Waals surface area contributed by atoms with Crippen molar-refractivity contribution in [2.24, 2.45) is 10.2 Å². The minimum atomic E-state index is -0.285. The lowest BCUT2D eigenvalue weighted by molar-refractivity contribution is -0.140. The molecule has 0 bridgehead atoms. The number of hydrogen-bond donors (Lipinski definition) is 3. The molecule has 0 aromatic carbocycles. The van der Waals surface area contributed by atoms with Gasteiger partial charge in [0, 0.05) is 37.7 Å². The van der Waals surface area contributed by atoms with E-state index in [2.05, 4.69) is 25.8 Å². The van der Waals surface area contributed by atoms with Gasteiger partial charge in [0.2, 0.25) is 0 Å². The number of nitrogens with zero attached hydrogens (tertiary/aromatic N) is 4. The fraction of sp³-hybridized carbons (Fsp3) is 0.727. The third-order valence-corrected chi connectivity index (χ3v) is 2.16. The number of esters is 1. The number of nitrogens with one attached hydrogen (secondary N) is 3. The van der Waals surface area contributed by atoms with Crippen LogP contribution in [0.5, 0.6) is 0 Å². The van der Waals surface area contributed by atoms with Crippen molar-refractivity contribution in [1.29, 1.82) is 5.53 Å². The lowest BCUT2D eigenvalue weighted by atomic mass is 10.4. The largest absolute Gasteiger partial charge is 0.466 e. The van der Waals surface area contributed by atoms with Gasteiger partial charge in [-0.25, -0.2) is 5.53 Å². The predicted octanol–water partition coefficient (Wildman–Crippen LogP) is 1.69. The van der Waals surface area contributed by atoms with Gasteiger partial charge in [-0.2, -0.15) is 5.11 Å². The summed E-state index contributed by atoms with van der Waals surface area (Å²) < 4.78 is 4.78. The van der Waals surface area contributed by atoms with Crippen LogP contribution < -0.4 is 10.6 Å². The Bertz CT molecular complexity index is 364. The summed E-state index contributed by atoms with van der Waals surface area (Å²) in [6.45, 7) is 4.01. The number of carbonyl (C=O) groups is 1. The zero-order chi connectivity index (χ0) is 15.1. The maximum Gasteiger partial charge on any atom is 0.302 e. The molecule has 0 aliphatic carbocycles. The SMILES string of the molecule is CC(=O)OCCCN/C=C(/CNCCCN=[N+]=[N-])N=N. The molecule has 0 aliphatic rings. The zero-order valence-electron chi connectivity index (χ0n) is 11.6. The summed E-state index contributed by atoms with van der Waals surface area (Å²) in [6.07, 6.45) is 3.09. The van der Waals surface area contributed by atoms with E-state index in [9.17, 15) is 4.79 Å². The topological polar surface area (TPSA) is 135 Å². The van der Waals surface area contributed by atoms with Gasteiger partial charge in [-0.1, -0.05) is 5.11 Å². The lowest BCUT2D eigenvalue weighted by Crippen LogP contribution is -2.20. The molecule has 0 unspecified atom stereocenters. The molecule has 0 fully saturated rings. The van der Waals surface area contributed by atoms with Crippen LogP contribution in [0.2, 0.25) is 0 Å². The number of ether oxygens (including phenoxy) is 1. The van der Waals surface area contributed by atoms with Crippen molar-refractivity contribution in [3.63, 3.8) is 0 Å². The molecule has 112 valence electrons. The Labute approximate surface area is 117 Å². The molecule has 0 amide bonds. The van der Waals surface area contributed by atoms with E-state index in [1.807, 2.05) is 0 Å². The third-order valence-electron chi connectivity index (χ3n) is 2.16. The quantitative estimate of drug-likeness (QED) is 0.165. The fourth-order valence-corrected chi connectivity index (χ4v) is 1.24. The number of hydrogen-bond acceptors (Lipinski definition) is 7. The smallest absolute Gasteiger partial charge is 0.302 e. The molecule has 0 atom stereocenters. The predicted molar refractivity (Wildman–Crippen MR) is 74.0 cm³/mol. The van der Waals surface area contributed by atoms with Crippen molar-refractivity contribution in [2.75, 3.05) is 32.8 Å². The van der Waals surface area contributed by atoms with Crippen LogP contribution in [-0.2, 0) is 9.53 Å². The molecular weight excluding hydrogens is 262 g/mol. The highest BCUT2D eigenvalue weighted by atomic mass is 16.5. The summed E-state index contributed by atoms with van der Waals surface area (Å²) in [5, 5.41) is 12.9. The summed E-state index contributed by atoms with van der Waals surface area (Å²) in [7, 11) is 0. The zero-order valence-corrected chi connectivity index (χ0v) is 11.6. The number of rotatable bonds is 12. The molecule has 0 spiro atoms. The molecule has 0 aliphatic heterocycles. The Morgan fingerprint density at radius 2 is 2.25 bits per heavy atom. The second-order valence-corrected chi connectivity index (χ2v) is 3.88. The fourth-order valence-electron chi connectivity index (χ4n) is 1.24. The second kappa shape index (κ2) is 13.3. The minimum Gasteiger partial charge on any atom is -0.466 e. The van der Waals surface area contributed by atoms with E-state index in [-0.39, 0.29) is 5.97 Å². The average molecular weight is 283 g/mol. The van der Waals surface area contributed by atoms with Crippen molar-refractivity contribution < 1.29 is 9.53 Å². The first kappa shape index (κ1) is 17.9. The van der Waals surface area contributed by atoms with Crippen LogP contribution >= 0.6 is 0 Å². The van der Waals surface area contributed by atoms with Crippen LogP contribution in [0.25, 0.3) is 10.4 Å². The maximum atomic E-state index is 10.5. The van der Waals surface area contributed by atoms with Gasteiger partial charge in [0.15, 0.2) is 0 Å². The Balaban J connectivity index is 3.62. The molecule has 0 saturated carbocycles. The third kappa shape index (κ3) is 12.3. The lowest BCUT2D eigenvalue weighted by Gasteiger charge is -2.05. The van der Waals surface area contributed by atoms with Crippen LogP contribution in [-0.4, -0.2) is 38.8 Å². The van der Waals surface area contributed by atoms with Gasteiger partial charge < -0.3 is 15.4 Å². The van der Waals surface area contributed by atoms with Crippen molar-refractivity contribution in [3.8, 4) is 0 Å². The Morgan fingerprint density at radius 1 is 1.45 bits per heavy atom. The second-order valence-electron chi connectivity index (χ2n) is 3.88. The van der Waals surface area contributed by atoms with Gasteiger partial charge >= 0.3 is 5.97 Å². The van der Waals surface area contributed by atoms with Crippen LogP contribution in [0.4, 0.5) is 0 Å². The number of carbonyl (C=O) groups excluding carboxylic acids is 1. The van der Waals surface area contributed by atoms with Crippen molar-refractivity contribution in [1.82, 2.24) is 10.6 Å². The highest BCUT2D eigenvalue weighted by Crippen LogP contribution is 1.92. The molecule has 0 saturated heterocycles. The molecule has 0 aromatic heterocycles. The van der Waals surface area contributed by atoms with Crippen LogP contribution in [0.1, 0.15) is 19.8 Å². The van der Waals surface area contributed by atoms with E-state index in [0.29, 0.717) is 44.9 Å². The Kier molecular flexibility index (Phi) is 11.9. The van der Waals surface area contributed by atoms with Gasteiger partial charge in [-0.05, 0) is 24.9 Å². The molecule has 9 nitrogen and oxygen atoms in total. The normalized spacial score (nSPS) is 10.6. The van der Waals surface area contributed by atoms with Gasteiger partial charge in [0.25, 0.3) is 0 Å². The first-order valence-corrected chi connectivity index (χ1v) is 6.35. The van der Waals surface area contributed by atoms with E-state index in [1.165, 1.54) is 6.92 Å². The number of azide groups is 1. The highest BCUT2D eigenvalue weighted by Gasteiger charge is 1.95.